The van der Waals surface area contributed by atoms with Crippen molar-refractivity contribution in [2.75, 3.05) is 0 Å². The minimum atomic E-state index is 0.957. The van der Waals surface area contributed by atoms with Crippen LogP contribution in [0.15, 0.2) is 11.6 Å². The third-order valence-electron chi connectivity index (χ3n) is 3.02. The lowest BCUT2D eigenvalue weighted by molar-refractivity contribution is 0.325. The van der Waals surface area contributed by atoms with Crippen molar-refractivity contribution < 1.29 is 0 Å². The van der Waals surface area contributed by atoms with Crippen LogP contribution in [0, 0.1) is 11.8 Å². The van der Waals surface area contributed by atoms with Crippen molar-refractivity contribution in [3.05, 3.63) is 11.6 Å². The fraction of sp³-hybridized carbons (Fsp3) is 0.800. The Morgan fingerprint density at radius 2 is 1.90 bits per heavy atom. The molecule has 0 heterocycles. The van der Waals surface area contributed by atoms with Gasteiger partial charge in [0.15, 0.2) is 0 Å². The molecule has 10 heavy (non-hydrogen) atoms. The van der Waals surface area contributed by atoms with Crippen LogP contribution in [0.5, 0.6) is 0 Å². The van der Waals surface area contributed by atoms with Crippen molar-refractivity contribution in [3.63, 3.8) is 0 Å². The van der Waals surface area contributed by atoms with E-state index in [1.807, 2.05) is 0 Å². The third-order valence-corrected chi connectivity index (χ3v) is 3.02. The van der Waals surface area contributed by atoms with E-state index in [-0.39, 0.29) is 0 Å². The maximum Gasteiger partial charge on any atom is -0.0231 e. The molecule has 2 bridgehead atoms. The molecule has 0 radical (unpaired) electrons. The fourth-order valence-corrected chi connectivity index (χ4v) is 2.48. The SMILES string of the molecule is CC1=CC2CCC(CC2)C1. The minimum Gasteiger partial charge on any atom is -0.0825 e. The van der Waals surface area contributed by atoms with Crippen LogP contribution < -0.4 is 0 Å². The topological polar surface area (TPSA) is 0 Å². The van der Waals surface area contributed by atoms with Gasteiger partial charge in [0.05, 0.1) is 0 Å². The van der Waals surface area contributed by atoms with Crippen LogP contribution in [-0.4, -0.2) is 0 Å². The maximum absolute atomic E-state index is 2.52. The second-order valence-corrected chi connectivity index (χ2v) is 4.00. The zero-order valence-corrected chi connectivity index (χ0v) is 6.77. The summed E-state index contributed by atoms with van der Waals surface area (Å²) in [4.78, 5) is 0. The standard InChI is InChI=1S/C10H16/c1-8-6-9-2-3-10(7-8)5-4-9/h6,9-10H,2-5,7H2,1H3. The van der Waals surface area contributed by atoms with E-state index in [1.54, 1.807) is 5.57 Å². The van der Waals surface area contributed by atoms with Gasteiger partial charge in [-0.1, -0.05) is 11.6 Å². The largest absolute Gasteiger partial charge is 0.0825 e. The average molecular weight is 136 g/mol. The Bertz CT molecular complexity index is 147. The van der Waals surface area contributed by atoms with Gasteiger partial charge in [0, 0.05) is 0 Å². The van der Waals surface area contributed by atoms with Crippen molar-refractivity contribution in [3.8, 4) is 0 Å². The molecular formula is C10H16. The van der Waals surface area contributed by atoms with Gasteiger partial charge < -0.3 is 0 Å². The average Bonchev–Trinajstić information content (AvgIpc) is 2.17. The van der Waals surface area contributed by atoms with E-state index in [0.717, 1.165) is 11.8 Å². The summed E-state index contributed by atoms with van der Waals surface area (Å²) in [7, 11) is 0. The Morgan fingerprint density at radius 1 is 1.20 bits per heavy atom. The molecular weight excluding hydrogens is 120 g/mol. The van der Waals surface area contributed by atoms with Crippen LogP contribution in [-0.2, 0) is 0 Å². The molecule has 0 unspecified atom stereocenters. The summed E-state index contributed by atoms with van der Waals surface area (Å²) in [5.41, 5.74) is 1.66. The van der Waals surface area contributed by atoms with E-state index >= 15 is 0 Å². The summed E-state index contributed by atoms with van der Waals surface area (Å²) in [6.45, 7) is 2.30. The fourth-order valence-electron chi connectivity index (χ4n) is 2.48. The first-order valence-electron chi connectivity index (χ1n) is 4.52. The van der Waals surface area contributed by atoms with E-state index in [9.17, 15) is 0 Å². The van der Waals surface area contributed by atoms with Gasteiger partial charge in [-0.05, 0) is 50.9 Å². The highest BCUT2D eigenvalue weighted by Gasteiger charge is 2.23. The van der Waals surface area contributed by atoms with Crippen LogP contribution in [0.1, 0.15) is 39.0 Å². The van der Waals surface area contributed by atoms with Crippen molar-refractivity contribution in [2.24, 2.45) is 11.8 Å². The van der Waals surface area contributed by atoms with Crippen molar-refractivity contribution in [1.82, 2.24) is 0 Å². The Kier molecular flexibility index (Phi) is 1.55. The molecule has 1 saturated carbocycles. The van der Waals surface area contributed by atoms with Crippen LogP contribution in [0.3, 0.4) is 0 Å². The van der Waals surface area contributed by atoms with E-state index in [1.165, 1.54) is 32.1 Å². The molecule has 0 heteroatoms. The second-order valence-electron chi connectivity index (χ2n) is 4.00. The first-order valence-corrected chi connectivity index (χ1v) is 4.52. The summed E-state index contributed by atoms with van der Waals surface area (Å²) >= 11 is 0. The molecule has 3 aliphatic rings. The molecule has 0 saturated heterocycles. The van der Waals surface area contributed by atoms with Gasteiger partial charge in [-0.15, -0.1) is 0 Å². The van der Waals surface area contributed by atoms with Gasteiger partial charge in [-0.3, -0.25) is 0 Å². The summed E-state index contributed by atoms with van der Waals surface area (Å²) in [6.07, 6.45) is 9.87. The van der Waals surface area contributed by atoms with Gasteiger partial charge in [-0.2, -0.15) is 0 Å². The molecule has 0 atom stereocenters. The predicted molar refractivity (Wildman–Crippen MR) is 43.8 cm³/mol. The zero-order valence-electron chi connectivity index (χ0n) is 6.77. The molecule has 0 aromatic heterocycles. The van der Waals surface area contributed by atoms with Crippen LogP contribution >= 0.6 is 0 Å². The van der Waals surface area contributed by atoms with Gasteiger partial charge >= 0.3 is 0 Å². The molecule has 1 fully saturated rings. The molecule has 0 N–H and O–H groups in total. The Morgan fingerprint density at radius 3 is 2.60 bits per heavy atom. The quantitative estimate of drug-likeness (QED) is 0.449. The summed E-state index contributed by atoms with van der Waals surface area (Å²) in [5.74, 6) is 2.01. The molecule has 0 spiro atoms. The van der Waals surface area contributed by atoms with Gasteiger partial charge in [0.25, 0.3) is 0 Å². The Hall–Kier alpha value is -0.260. The predicted octanol–water partition coefficient (Wildman–Crippen LogP) is 3.14. The van der Waals surface area contributed by atoms with Gasteiger partial charge in [0.1, 0.15) is 0 Å². The minimum absolute atomic E-state index is 0.957. The number of hydrogen-bond donors (Lipinski definition) is 0. The van der Waals surface area contributed by atoms with Crippen LogP contribution in [0.2, 0.25) is 0 Å². The van der Waals surface area contributed by atoms with E-state index in [4.69, 9.17) is 0 Å². The summed E-state index contributed by atoms with van der Waals surface area (Å²) in [6, 6.07) is 0. The molecule has 0 aromatic rings. The highest BCUT2D eigenvalue weighted by Crippen LogP contribution is 2.37. The zero-order chi connectivity index (χ0) is 6.97. The number of allylic oxidation sites excluding steroid dienone is 2. The van der Waals surface area contributed by atoms with E-state index in [2.05, 4.69) is 13.0 Å². The van der Waals surface area contributed by atoms with Crippen LogP contribution in [0.25, 0.3) is 0 Å². The highest BCUT2D eigenvalue weighted by atomic mass is 14.3. The maximum atomic E-state index is 2.52. The van der Waals surface area contributed by atoms with Gasteiger partial charge in [0.2, 0.25) is 0 Å². The second kappa shape index (κ2) is 2.41. The lowest BCUT2D eigenvalue weighted by atomic mass is 9.84. The lowest BCUT2D eigenvalue weighted by Crippen LogP contribution is -2.08. The number of fused-ring (bicyclic) bond motifs is 3. The highest BCUT2D eigenvalue weighted by molar-refractivity contribution is 5.07. The summed E-state index contributed by atoms with van der Waals surface area (Å²) in [5, 5.41) is 0. The molecule has 3 rings (SSSR count). The molecule has 0 nitrogen and oxygen atoms in total. The third kappa shape index (κ3) is 1.12. The Balaban J connectivity index is 2.17. The van der Waals surface area contributed by atoms with E-state index in [0.29, 0.717) is 0 Å². The monoisotopic (exact) mass is 136 g/mol. The first-order chi connectivity index (χ1) is 4.84. The molecule has 56 valence electrons. The first kappa shape index (κ1) is 6.45. The van der Waals surface area contributed by atoms with Crippen molar-refractivity contribution >= 4 is 0 Å². The lowest BCUT2D eigenvalue weighted by Gasteiger charge is -2.22. The van der Waals surface area contributed by atoms with Crippen molar-refractivity contribution in [2.45, 2.75) is 39.0 Å². The Labute approximate surface area is 63.3 Å². The molecule has 0 aromatic carbocycles. The molecule has 3 aliphatic carbocycles. The van der Waals surface area contributed by atoms with Crippen molar-refractivity contribution in [1.29, 1.82) is 0 Å². The number of hydrogen-bond acceptors (Lipinski definition) is 0. The number of rotatable bonds is 0. The summed E-state index contributed by atoms with van der Waals surface area (Å²) < 4.78 is 0. The normalized spacial score (nSPS) is 39.1. The molecule has 0 amide bonds. The van der Waals surface area contributed by atoms with Crippen LogP contribution in [0.4, 0.5) is 0 Å². The van der Waals surface area contributed by atoms with E-state index < -0.39 is 0 Å². The molecule has 0 aliphatic heterocycles. The van der Waals surface area contributed by atoms with Gasteiger partial charge in [-0.25, -0.2) is 0 Å². The smallest absolute Gasteiger partial charge is 0.0231 e.